The molecule has 0 fully saturated rings. The molecule has 2 aromatic carbocycles. The number of methoxy groups -OCH3 is 1. The SMILES string of the molecule is C=C(CC=CC#N)C(=O)OC.C=Cn1c2ccccc2c2cccc(C=C(C)C(=O)O)c21. The van der Waals surface area contributed by atoms with Crippen molar-refractivity contribution in [3.8, 4) is 6.07 Å². The molecule has 0 amide bonds. The third kappa shape index (κ3) is 5.41. The Bertz CT molecular complexity index is 1290. The summed E-state index contributed by atoms with van der Waals surface area (Å²) in [6.45, 7) is 8.95. The predicted octanol–water partition coefficient (Wildman–Crippen LogP) is 5.57. The van der Waals surface area contributed by atoms with Crippen LogP contribution in [0.3, 0.4) is 0 Å². The quantitative estimate of drug-likeness (QED) is 0.315. The van der Waals surface area contributed by atoms with Crippen molar-refractivity contribution in [1.29, 1.82) is 5.26 Å². The van der Waals surface area contributed by atoms with Gasteiger partial charge in [0.05, 0.1) is 24.2 Å². The van der Waals surface area contributed by atoms with Crippen LogP contribution in [-0.4, -0.2) is 28.7 Å². The van der Waals surface area contributed by atoms with Crippen molar-refractivity contribution >= 4 is 46.0 Å². The molecule has 0 bridgehead atoms. The molecule has 6 nitrogen and oxygen atoms in total. The Balaban J connectivity index is 0.000000282. The van der Waals surface area contributed by atoms with Gasteiger partial charge in [0.25, 0.3) is 0 Å². The summed E-state index contributed by atoms with van der Waals surface area (Å²) < 4.78 is 6.39. The third-order valence-corrected chi connectivity index (χ3v) is 4.68. The molecule has 0 atom stereocenters. The van der Waals surface area contributed by atoms with E-state index >= 15 is 0 Å². The lowest BCUT2D eigenvalue weighted by molar-refractivity contribution is -0.136. The number of benzene rings is 2. The molecule has 0 saturated heterocycles. The fourth-order valence-electron chi connectivity index (χ4n) is 3.16. The number of carbonyl (C=O) groups excluding carboxylic acids is 1. The molecular formula is C26H24N2O4. The summed E-state index contributed by atoms with van der Waals surface area (Å²) in [5.74, 6) is -1.35. The molecule has 1 N–H and O–H groups in total. The van der Waals surface area contributed by atoms with Gasteiger partial charge >= 0.3 is 11.9 Å². The number of hydrogen-bond donors (Lipinski definition) is 1. The number of nitrogens with zero attached hydrogens (tertiary/aromatic N) is 2. The summed E-state index contributed by atoms with van der Waals surface area (Å²) in [5, 5.41) is 19.4. The molecule has 0 aliphatic heterocycles. The van der Waals surface area contributed by atoms with E-state index < -0.39 is 11.9 Å². The number of ether oxygens (including phenoxy) is 1. The van der Waals surface area contributed by atoms with E-state index in [-0.39, 0.29) is 0 Å². The van der Waals surface area contributed by atoms with Crippen LogP contribution in [0.15, 0.2) is 78.9 Å². The van der Waals surface area contributed by atoms with Gasteiger partial charge in [0, 0.05) is 34.2 Å². The minimum absolute atomic E-state index is 0.309. The first-order valence-corrected chi connectivity index (χ1v) is 9.72. The Morgan fingerprint density at radius 1 is 1.19 bits per heavy atom. The number of carbonyl (C=O) groups is 2. The summed E-state index contributed by atoms with van der Waals surface area (Å²) >= 11 is 0. The van der Waals surface area contributed by atoms with E-state index in [1.165, 1.54) is 13.2 Å². The Kier molecular flexibility index (Phi) is 8.32. The number of fused-ring (bicyclic) bond motifs is 3. The molecule has 0 aliphatic carbocycles. The fourth-order valence-corrected chi connectivity index (χ4v) is 3.16. The van der Waals surface area contributed by atoms with E-state index in [2.05, 4.69) is 24.0 Å². The average Bonchev–Trinajstić information content (AvgIpc) is 3.13. The largest absolute Gasteiger partial charge is 0.478 e. The molecule has 1 heterocycles. The molecule has 3 aromatic rings. The second-order valence-corrected chi connectivity index (χ2v) is 6.78. The second kappa shape index (κ2) is 11.1. The minimum atomic E-state index is -0.909. The number of allylic oxidation sites excluding steroid dienone is 2. The smallest absolute Gasteiger partial charge is 0.333 e. The number of aliphatic carboxylic acids is 1. The number of carboxylic acids is 1. The van der Waals surface area contributed by atoms with E-state index in [9.17, 15) is 9.59 Å². The van der Waals surface area contributed by atoms with E-state index in [0.717, 1.165) is 27.4 Å². The van der Waals surface area contributed by atoms with E-state index in [1.54, 1.807) is 31.3 Å². The molecule has 32 heavy (non-hydrogen) atoms. The number of aromatic nitrogens is 1. The molecule has 162 valence electrons. The standard InChI is InChI=1S/C18H15NO2.C8H9NO2/c1-3-19-16-10-5-4-8-14(16)15-9-6-7-13(17(15)19)11-12(2)18(20)21;1-7(8(10)11-2)5-3-4-6-9/h3-11H,1H2,2H3,(H,20,21);3-4H,1,5H2,2H3. The fraction of sp³-hybridized carbons (Fsp3) is 0.115. The molecule has 1 aromatic heterocycles. The first kappa shape index (κ1) is 23.9. The van der Waals surface area contributed by atoms with Crippen LogP contribution in [0.1, 0.15) is 18.9 Å². The number of esters is 1. The van der Waals surface area contributed by atoms with Crippen LogP contribution >= 0.6 is 0 Å². The normalized spacial score (nSPS) is 11.0. The number of carboxylic acid groups (broad SMARTS) is 1. The zero-order chi connectivity index (χ0) is 23.7. The van der Waals surface area contributed by atoms with Crippen LogP contribution in [0, 0.1) is 11.3 Å². The lowest BCUT2D eigenvalue weighted by Gasteiger charge is -2.04. The highest BCUT2D eigenvalue weighted by Crippen LogP contribution is 2.32. The molecule has 0 saturated carbocycles. The van der Waals surface area contributed by atoms with E-state index in [1.807, 2.05) is 41.0 Å². The molecular weight excluding hydrogens is 404 g/mol. The maximum Gasteiger partial charge on any atom is 0.333 e. The maximum atomic E-state index is 11.1. The van der Waals surface area contributed by atoms with Gasteiger partial charge in [-0.2, -0.15) is 5.26 Å². The predicted molar refractivity (Wildman–Crippen MR) is 128 cm³/mol. The van der Waals surface area contributed by atoms with Crippen LogP contribution in [0.4, 0.5) is 0 Å². The van der Waals surface area contributed by atoms with Crippen molar-refractivity contribution in [2.45, 2.75) is 13.3 Å². The van der Waals surface area contributed by atoms with E-state index in [4.69, 9.17) is 10.4 Å². The monoisotopic (exact) mass is 428 g/mol. The van der Waals surface area contributed by atoms with Crippen LogP contribution in [0.25, 0.3) is 34.1 Å². The molecule has 6 heteroatoms. The van der Waals surface area contributed by atoms with Gasteiger partial charge in [-0.3, -0.25) is 0 Å². The highest BCUT2D eigenvalue weighted by Gasteiger charge is 2.11. The van der Waals surface area contributed by atoms with E-state index in [0.29, 0.717) is 17.6 Å². The Labute approximate surface area is 186 Å². The highest BCUT2D eigenvalue weighted by atomic mass is 16.5. The van der Waals surface area contributed by atoms with Gasteiger partial charge in [0.2, 0.25) is 0 Å². The summed E-state index contributed by atoms with van der Waals surface area (Å²) in [7, 11) is 1.29. The maximum absolute atomic E-state index is 11.1. The van der Waals surface area contributed by atoms with Crippen molar-refractivity contribution in [3.05, 3.63) is 84.5 Å². The van der Waals surface area contributed by atoms with Crippen molar-refractivity contribution in [2.75, 3.05) is 7.11 Å². The van der Waals surface area contributed by atoms with Crippen molar-refractivity contribution in [2.24, 2.45) is 0 Å². The van der Waals surface area contributed by atoms with Crippen LogP contribution < -0.4 is 0 Å². The Morgan fingerprint density at radius 2 is 1.88 bits per heavy atom. The number of nitriles is 1. The molecule has 0 aliphatic rings. The number of para-hydroxylation sites is 2. The van der Waals surface area contributed by atoms with Gasteiger partial charge in [-0.25, -0.2) is 9.59 Å². The first-order chi connectivity index (χ1) is 15.3. The number of rotatable bonds is 6. The van der Waals surface area contributed by atoms with Crippen molar-refractivity contribution < 1.29 is 19.4 Å². The Morgan fingerprint density at radius 3 is 2.50 bits per heavy atom. The van der Waals surface area contributed by atoms with Gasteiger partial charge in [-0.15, -0.1) is 0 Å². The summed E-state index contributed by atoms with van der Waals surface area (Å²) in [5.41, 5.74) is 3.58. The average molecular weight is 428 g/mol. The summed E-state index contributed by atoms with van der Waals surface area (Å²) in [4.78, 5) is 21.7. The second-order valence-electron chi connectivity index (χ2n) is 6.78. The topological polar surface area (TPSA) is 92.3 Å². The van der Waals surface area contributed by atoms with Crippen molar-refractivity contribution in [3.63, 3.8) is 0 Å². The zero-order valence-electron chi connectivity index (χ0n) is 18.0. The lowest BCUT2D eigenvalue weighted by atomic mass is 10.1. The van der Waals surface area contributed by atoms with Gasteiger partial charge in [-0.05, 0) is 31.1 Å². The lowest BCUT2D eigenvalue weighted by Crippen LogP contribution is -2.02. The van der Waals surface area contributed by atoms with Crippen LogP contribution in [0.5, 0.6) is 0 Å². The molecule has 0 spiro atoms. The minimum Gasteiger partial charge on any atom is -0.478 e. The van der Waals surface area contributed by atoms with Gasteiger partial charge in [-0.1, -0.05) is 55.6 Å². The molecule has 0 unspecified atom stereocenters. The summed E-state index contributed by atoms with van der Waals surface area (Å²) in [6, 6.07) is 15.8. The van der Waals surface area contributed by atoms with Crippen LogP contribution in [-0.2, 0) is 14.3 Å². The highest BCUT2D eigenvalue weighted by molar-refractivity contribution is 6.12. The van der Waals surface area contributed by atoms with Crippen LogP contribution in [0.2, 0.25) is 0 Å². The third-order valence-electron chi connectivity index (χ3n) is 4.68. The molecule has 3 rings (SSSR count). The molecule has 0 radical (unpaired) electrons. The van der Waals surface area contributed by atoms with Gasteiger partial charge < -0.3 is 14.4 Å². The van der Waals surface area contributed by atoms with Gasteiger partial charge in [0.15, 0.2) is 0 Å². The Hall–Kier alpha value is -4.37. The first-order valence-electron chi connectivity index (χ1n) is 9.72. The van der Waals surface area contributed by atoms with Crippen molar-refractivity contribution in [1.82, 2.24) is 4.57 Å². The number of hydrogen-bond acceptors (Lipinski definition) is 4. The zero-order valence-corrected chi connectivity index (χ0v) is 18.0. The van der Waals surface area contributed by atoms with Gasteiger partial charge in [0.1, 0.15) is 0 Å². The summed E-state index contributed by atoms with van der Waals surface area (Å²) in [6.07, 6.45) is 6.68.